The van der Waals surface area contributed by atoms with Crippen LogP contribution in [0.1, 0.15) is 40.3 Å². The van der Waals surface area contributed by atoms with Crippen molar-refractivity contribution in [3.63, 3.8) is 0 Å². The van der Waals surface area contributed by atoms with Gasteiger partial charge in [0.05, 0.1) is 35.5 Å². The summed E-state index contributed by atoms with van der Waals surface area (Å²) in [6, 6.07) is 0.0703. The largest absolute Gasteiger partial charge is 0.416 e. The van der Waals surface area contributed by atoms with Gasteiger partial charge < -0.3 is 9.47 Å². The van der Waals surface area contributed by atoms with Crippen molar-refractivity contribution in [1.29, 1.82) is 0 Å². The molecule has 0 aromatic heterocycles. The highest BCUT2D eigenvalue weighted by Gasteiger charge is 2.47. The predicted molar refractivity (Wildman–Crippen MR) is 94.7 cm³/mol. The summed E-state index contributed by atoms with van der Waals surface area (Å²) in [7, 11) is 0. The van der Waals surface area contributed by atoms with Crippen molar-refractivity contribution in [3.8, 4) is 0 Å². The molecule has 1 heterocycles. The standard InChI is InChI=1S/C21H14F12O2/c1-10-8-34-17(35-9-10,11-2-13(18(22,23)24)6-14(3-11)19(25,26)27)12-4-15(20(28,29)30)7-16(5-12)21(31,32)33/h2-7,10H,8-9H2,1H3. The van der Waals surface area contributed by atoms with Gasteiger partial charge in [0.25, 0.3) is 0 Å². The van der Waals surface area contributed by atoms with Gasteiger partial charge in [-0.2, -0.15) is 52.7 Å². The molecule has 0 radical (unpaired) electrons. The minimum atomic E-state index is -5.34. The van der Waals surface area contributed by atoms with Crippen LogP contribution in [0.3, 0.4) is 0 Å². The number of halogens is 12. The molecule has 35 heavy (non-hydrogen) atoms. The van der Waals surface area contributed by atoms with Crippen LogP contribution in [0.25, 0.3) is 0 Å². The van der Waals surface area contributed by atoms with Gasteiger partial charge in [-0.1, -0.05) is 6.92 Å². The van der Waals surface area contributed by atoms with E-state index in [4.69, 9.17) is 9.47 Å². The number of hydrogen-bond acceptors (Lipinski definition) is 2. The molecule has 2 aromatic rings. The van der Waals surface area contributed by atoms with Gasteiger partial charge in [0.15, 0.2) is 0 Å². The molecule has 194 valence electrons. The summed E-state index contributed by atoms with van der Waals surface area (Å²) in [5, 5.41) is 0. The van der Waals surface area contributed by atoms with Gasteiger partial charge in [0.2, 0.25) is 5.79 Å². The lowest BCUT2D eigenvalue weighted by atomic mass is 9.90. The SMILES string of the molecule is CC1COC(c2cc(C(F)(F)F)cc(C(F)(F)F)c2)(c2cc(C(F)(F)F)cc(C(F)(F)F)c2)OC1. The van der Waals surface area contributed by atoms with E-state index in [9.17, 15) is 52.7 Å². The first-order chi connectivity index (χ1) is 15.7. The molecule has 0 atom stereocenters. The molecule has 0 unspecified atom stereocenters. The fraction of sp³-hybridized carbons (Fsp3) is 0.429. The zero-order valence-corrected chi connectivity index (χ0v) is 17.3. The lowest BCUT2D eigenvalue weighted by Crippen LogP contribution is -2.43. The first kappa shape index (κ1) is 27.1. The second-order valence-corrected chi connectivity index (χ2v) is 7.93. The maximum absolute atomic E-state index is 13.4. The molecular formula is C21H14F12O2. The van der Waals surface area contributed by atoms with Gasteiger partial charge >= 0.3 is 24.7 Å². The van der Waals surface area contributed by atoms with Crippen LogP contribution in [0.15, 0.2) is 36.4 Å². The molecule has 3 rings (SSSR count). The molecule has 0 amide bonds. The average molecular weight is 526 g/mol. The summed E-state index contributed by atoms with van der Waals surface area (Å²) in [5.41, 5.74) is -9.55. The Morgan fingerprint density at radius 3 is 1.03 bits per heavy atom. The van der Waals surface area contributed by atoms with Crippen molar-refractivity contribution in [1.82, 2.24) is 0 Å². The van der Waals surface area contributed by atoms with E-state index < -0.39 is 83.0 Å². The average Bonchev–Trinajstić information content (AvgIpc) is 2.71. The van der Waals surface area contributed by atoms with Crippen molar-refractivity contribution >= 4 is 0 Å². The van der Waals surface area contributed by atoms with E-state index in [1.165, 1.54) is 6.92 Å². The summed E-state index contributed by atoms with van der Waals surface area (Å²) < 4.78 is 171. The second-order valence-electron chi connectivity index (χ2n) is 7.93. The van der Waals surface area contributed by atoms with Crippen molar-refractivity contribution in [3.05, 3.63) is 69.8 Å². The van der Waals surface area contributed by atoms with Crippen LogP contribution >= 0.6 is 0 Å². The third-order valence-electron chi connectivity index (χ3n) is 5.08. The minimum Gasteiger partial charge on any atom is -0.342 e. The number of hydrogen-bond donors (Lipinski definition) is 0. The lowest BCUT2D eigenvalue weighted by molar-refractivity contribution is -0.265. The lowest BCUT2D eigenvalue weighted by Gasteiger charge is -2.41. The van der Waals surface area contributed by atoms with Gasteiger partial charge in [-0.3, -0.25) is 0 Å². The first-order valence-corrected chi connectivity index (χ1v) is 9.61. The molecule has 1 aliphatic heterocycles. The van der Waals surface area contributed by atoms with Gasteiger partial charge in [-0.05, 0) is 36.4 Å². The molecule has 1 saturated heterocycles. The monoisotopic (exact) mass is 526 g/mol. The quantitative estimate of drug-likeness (QED) is 0.375. The molecule has 2 nitrogen and oxygen atoms in total. The Labute approximate surface area is 189 Å². The van der Waals surface area contributed by atoms with Crippen LogP contribution in [-0.4, -0.2) is 13.2 Å². The molecule has 0 N–H and O–H groups in total. The summed E-state index contributed by atoms with van der Waals surface area (Å²) in [6.45, 7) is 0.578. The number of benzene rings is 2. The Kier molecular flexibility index (Phi) is 6.64. The smallest absolute Gasteiger partial charge is 0.342 e. The number of rotatable bonds is 2. The Balaban J connectivity index is 2.39. The molecule has 1 aliphatic rings. The fourth-order valence-electron chi connectivity index (χ4n) is 3.40. The highest BCUT2D eigenvalue weighted by Crippen LogP contribution is 2.46. The van der Waals surface area contributed by atoms with E-state index in [1.54, 1.807) is 0 Å². The predicted octanol–water partition coefficient (Wildman–Crippen LogP) is 7.65. The van der Waals surface area contributed by atoms with Crippen LogP contribution in [0.2, 0.25) is 0 Å². The molecule has 0 saturated carbocycles. The summed E-state index contributed by atoms with van der Waals surface area (Å²) in [6.07, 6.45) is -21.4. The summed E-state index contributed by atoms with van der Waals surface area (Å²) >= 11 is 0. The first-order valence-electron chi connectivity index (χ1n) is 9.61. The van der Waals surface area contributed by atoms with Crippen molar-refractivity contribution < 1.29 is 62.2 Å². The van der Waals surface area contributed by atoms with Gasteiger partial charge in [-0.25, -0.2) is 0 Å². The van der Waals surface area contributed by atoms with E-state index in [0.717, 1.165) is 0 Å². The zero-order valence-electron chi connectivity index (χ0n) is 17.3. The van der Waals surface area contributed by atoms with Crippen LogP contribution in [0.5, 0.6) is 0 Å². The van der Waals surface area contributed by atoms with Crippen molar-refractivity contribution in [2.75, 3.05) is 13.2 Å². The number of alkyl halides is 12. The zero-order chi connectivity index (χ0) is 26.6. The van der Waals surface area contributed by atoms with Crippen LogP contribution < -0.4 is 0 Å². The van der Waals surface area contributed by atoms with Crippen LogP contribution in [-0.2, 0) is 40.0 Å². The van der Waals surface area contributed by atoms with E-state index in [-0.39, 0.29) is 36.4 Å². The molecule has 2 aromatic carbocycles. The maximum Gasteiger partial charge on any atom is 0.416 e. The molecular weight excluding hydrogens is 512 g/mol. The van der Waals surface area contributed by atoms with Crippen molar-refractivity contribution in [2.45, 2.75) is 37.4 Å². The third kappa shape index (κ3) is 5.68. The Bertz CT molecular complexity index is 930. The third-order valence-corrected chi connectivity index (χ3v) is 5.08. The van der Waals surface area contributed by atoms with E-state index >= 15 is 0 Å². The Morgan fingerprint density at radius 1 is 0.543 bits per heavy atom. The van der Waals surface area contributed by atoms with Gasteiger partial charge in [0.1, 0.15) is 0 Å². The summed E-state index contributed by atoms with van der Waals surface area (Å²) in [5.74, 6) is -3.45. The van der Waals surface area contributed by atoms with Gasteiger partial charge in [0, 0.05) is 17.0 Å². The van der Waals surface area contributed by atoms with E-state index in [0.29, 0.717) is 0 Å². The fourth-order valence-corrected chi connectivity index (χ4v) is 3.40. The number of ether oxygens (including phenoxy) is 2. The highest BCUT2D eigenvalue weighted by atomic mass is 19.4. The maximum atomic E-state index is 13.4. The summed E-state index contributed by atoms with van der Waals surface area (Å²) in [4.78, 5) is 0. The van der Waals surface area contributed by atoms with Crippen LogP contribution in [0, 0.1) is 5.92 Å². The molecule has 0 spiro atoms. The second kappa shape index (κ2) is 8.57. The Morgan fingerprint density at radius 2 is 0.800 bits per heavy atom. The van der Waals surface area contributed by atoms with E-state index in [2.05, 4.69) is 0 Å². The Hall–Kier alpha value is -2.48. The molecule has 0 aliphatic carbocycles. The topological polar surface area (TPSA) is 18.5 Å². The minimum absolute atomic E-state index is 0.138. The highest BCUT2D eigenvalue weighted by molar-refractivity contribution is 5.44. The van der Waals surface area contributed by atoms with Gasteiger partial charge in [-0.15, -0.1) is 0 Å². The molecule has 14 heteroatoms. The van der Waals surface area contributed by atoms with E-state index in [1.807, 2.05) is 0 Å². The van der Waals surface area contributed by atoms with Crippen LogP contribution in [0.4, 0.5) is 52.7 Å². The molecule has 1 fully saturated rings. The van der Waals surface area contributed by atoms with Crippen molar-refractivity contribution in [2.24, 2.45) is 5.92 Å². The molecule has 0 bridgehead atoms. The normalized spacial score (nSPS) is 18.1.